The van der Waals surface area contributed by atoms with Gasteiger partial charge in [-0.05, 0) is 19.1 Å². The molecule has 4 N–H and O–H groups in total. The maximum absolute atomic E-state index is 12.0. The highest BCUT2D eigenvalue weighted by molar-refractivity contribution is 5.89. The minimum atomic E-state index is -0.320. The third-order valence-electron chi connectivity index (χ3n) is 3.10. The van der Waals surface area contributed by atoms with Gasteiger partial charge in [-0.2, -0.15) is 0 Å². The van der Waals surface area contributed by atoms with Crippen LogP contribution in [0.5, 0.6) is 0 Å². The molecule has 6 heteroatoms. The zero-order valence-electron chi connectivity index (χ0n) is 11.5. The molecule has 0 saturated carbocycles. The first kappa shape index (κ1) is 14.2. The molecule has 0 fully saturated rings. The molecule has 0 aromatic heterocycles. The van der Waals surface area contributed by atoms with E-state index < -0.39 is 0 Å². The Morgan fingerprint density at radius 1 is 1.25 bits per heavy atom. The predicted octanol–water partition coefficient (Wildman–Crippen LogP) is 0.535. The van der Waals surface area contributed by atoms with Crippen molar-refractivity contribution in [2.45, 2.75) is 19.4 Å². The van der Waals surface area contributed by atoms with Crippen molar-refractivity contribution in [3.05, 3.63) is 24.3 Å². The summed E-state index contributed by atoms with van der Waals surface area (Å²) in [4.78, 5) is 23.3. The molecule has 1 aromatic carbocycles. The molecule has 1 atom stereocenters. The molecule has 0 bridgehead atoms. The van der Waals surface area contributed by atoms with Crippen molar-refractivity contribution in [2.75, 3.05) is 30.3 Å². The number of anilines is 2. The summed E-state index contributed by atoms with van der Waals surface area (Å²) < 4.78 is 0. The Balaban J connectivity index is 1.78. The zero-order chi connectivity index (χ0) is 14.4. The fourth-order valence-corrected chi connectivity index (χ4v) is 2.08. The molecule has 1 unspecified atom stereocenters. The summed E-state index contributed by atoms with van der Waals surface area (Å²) in [5.74, 6) is -0.149. The van der Waals surface area contributed by atoms with Crippen LogP contribution in [0.25, 0.3) is 0 Å². The van der Waals surface area contributed by atoms with Crippen LogP contribution in [0.2, 0.25) is 0 Å². The number of nitrogens with one attached hydrogen (secondary N) is 4. The lowest BCUT2D eigenvalue weighted by atomic mass is 10.1. The third-order valence-corrected chi connectivity index (χ3v) is 3.10. The molecule has 1 heterocycles. The van der Waals surface area contributed by atoms with Gasteiger partial charge in [-0.1, -0.05) is 12.1 Å². The number of hydrogen-bond acceptors (Lipinski definition) is 4. The van der Waals surface area contributed by atoms with E-state index in [0.29, 0.717) is 26.1 Å². The molecule has 1 aliphatic rings. The minimum absolute atomic E-state index is 0.0483. The van der Waals surface area contributed by atoms with Crippen molar-refractivity contribution in [1.82, 2.24) is 10.6 Å². The second-order valence-corrected chi connectivity index (χ2v) is 4.62. The van der Waals surface area contributed by atoms with Gasteiger partial charge in [0.15, 0.2) is 0 Å². The highest BCUT2D eigenvalue weighted by Gasteiger charge is 2.22. The molecule has 0 aliphatic carbocycles. The fourth-order valence-electron chi connectivity index (χ4n) is 2.08. The summed E-state index contributed by atoms with van der Waals surface area (Å²) in [5, 5.41) is 11.9. The van der Waals surface area contributed by atoms with E-state index in [1.165, 1.54) is 0 Å². The first-order chi connectivity index (χ1) is 9.70. The summed E-state index contributed by atoms with van der Waals surface area (Å²) >= 11 is 0. The highest BCUT2D eigenvalue weighted by atomic mass is 16.2. The summed E-state index contributed by atoms with van der Waals surface area (Å²) in [6.45, 7) is 3.36. The SMILES string of the molecule is CCNC(=O)CCNC(=O)C1CNc2ccccc2N1. The van der Waals surface area contributed by atoms with Crippen LogP contribution in [-0.4, -0.2) is 37.5 Å². The molecule has 2 rings (SSSR count). The minimum Gasteiger partial charge on any atom is -0.381 e. The van der Waals surface area contributed by atoms with Crippen LogP contribution in [0.15, 0.2) is 24.3 Å². The highest BCUT2D eigenvalue weighted by Crippen LogP contribution is 2.24. The normalized spacial score (nSPS) is 16.4. The molecular weight excluding hydrogens is 256 g/mol. The number of carbonyl (C=O) groups is 2. The quantitative estimate of drug-likeness (QED) is 0.632. The molecule has 6 nitrogen and oxygen atoms in total. The van der Waals surface area contributed by atoms with Gasteiger partial charge in [-0.25, -0.2) is 0 Å². The molecule has 0 radical (unpaired) electrons. The second-order valence-electron chi connectivity index (χ2n) is 4.62. The van der Waals surface area contributed by atoms with E-state index in [1.54, 1.807) is 0 Å². The Labute approximate surface area is 118 Å². The first-order valence-corrected chi connectivity index (χ1v) is 6.84. The van der Waals surface area contributed by atoms with E-state index in [9.17, 15) is 9.59 Å². The van der Waals surface area contributed by atoms with Crippen molar-refractivity contribution in [1.29, 1.82) is 0 Å². The molecule has 1 aliphatic heterocycles. The van der Waals surface area contributed by atoms with Crippen LogP contribution in [0, 0.1) is 0 Å². The molecule has 108 valence electrons. The topological polar surface area (TPSA) is 82.3 Å². The Morgan fingerprint density at radius 3 is 2.75 bits per heavy atom. The van der Waals surface area contributed by atoms with E-state index >= 15 is 0 Å². The van der Waals surface area contributed by atoms with E-state index in [-0.39, 0.29) is 17.9 Å². The maximum atomic E-state index is 12.0. The van der Waals surface area contributed by atoms with E-state index in [0.717, 1.165) is 11.4 Å². The second kappa shape index (κ2) is 6.79. The average molecular weight is 276 g/mol. The number of fused-ring (bicyclic) bond motifs is 1. The molecule has 20 heavy (non-hydrogen) atoms. The Kier molecular flexibility index (Phi) is 4.81. The number of benzene rings is 1. The van der Waals surface area contributed by atoms with Gasteiger partial charge in [0, 0.05) is 26.1 Å². The first-order valence-electron chi connectivity index (χ1n) is 6.84. The lowest BCUT2D eigenvalue weighted by Crippen LogP contribution is -2.46. The number of amides is 2. The smallest absolute Gasteiger partial charge is 0.244 e. The van der Waals surface area contributed by atoms with Gasteiger partial charge in [-0.3, -0.25) is 9.59 Å². The Morgan fingerprint density at radius 2 is 2.00 bits per heavy atom. The van der Waals surface area contributed by atoms with Gasteiger partial charge in [0.05, 0.1) is 11.4 Å². The molecule has 0 spiro atoms. The Bertz CT molecular complexity index is 490. The van der Waals surface area contributed by atoms with Crippen molar-refractivity contribution >= 4 is 23.2 Å². The van der Waals surface area contributed by atoms with Gasteiger partial charge < -0.3 is 21.3 Å². The largest absolute Gasteiger partial charge is 0.381 e. The van der Waals surface area contributed by atoms with Crippen LogP contribution in [-0.2, 0) is 9.59 Å². The maximum Gasteiger partial charge on any atom is 0.244 e. The van der Waals surface area contributed by atoms with E-state index in [2.05, 4.69) is 21.3 Å². The van der Waals surface area contributed by atoms with Gasteiger partial charge in [-0.15, -0.1) is 0 Å². The van der Waals surface area contributed by atoms with Crippen LogP contribution in [0.4, 0.5) is 11.4 Å². The average Bonchev–Trinajstić information content (AvgIpc) is 2.47. The van der Waals surface area contributed by atoms with Crippen molar-refractivity contribution < 1.29 is 9.59 Å². The third kappa shape index (κ3) is 3.63. The fraction of sp³-hybridized carbons (Fsp3) is 0.429. The van der Waals surface area contributed by atoms with E-state index in [1.807, 2.05) is 31.2 Å². The lowest BCUT2D eigenvalue weighted by Gasteiger charge is -2.27. The van der Waals surface area contributed by atoms with Crippen LogP contribution < -0.4 is 21.3 Å². The summed E-state index contributed by atoms with van der Waals surface area (Å²) in [6, 6.07) is 7.43. The Hall–Kier alpha value is -2.24. The standard InChI is InChI=1S/C14H20N4O2/c1-2-15-13(19)7-8-16-14(20)12-9-17-10-5-3-4-6-11(10)18-12/h3-6,12,17-18H,2,7-9H2,1H3,(H,15,19)(H,16,20). The van der Waals surface area contributed by atoms with Crippen molar-refractivity contribution in [3.63, 3.8) is 0 Å². The van der Waals surface area contributed by atoms with Crippen LogP contribution >= 0.6 is 0 Å². The summed E-state index contributed by atoms with van der Waals surface area (Å²) in [5.41, 5.74) is 1.92. The van der Waals surface area contributed by atoms with E-state index in [4.69, 9.17) is 0 Å². The monoisotopic (exact) mass is 276 g/mol. The van der Waals surface area contributed by atoms with Gasteiger partial charge in [0.1, 0.15) is 6.04 Å². The van der Waals surface area contributed by atoms with Gasteiger partial charge >= 0.3 is 0 Å². The number of carbonyl (C=O) groups excluding carboxylic acids is 2. The molecular formula is C14H20N4O2. The number of para-hydroxylation sites is 2. The molecule has 1 aromatic rings. The zero-order valence-corrected chi connectivity index (χ0v) is 11.5. The number of hydrogen-bond donors (Lipinski definition) is 4. The summed E-state index contributed by atoms with van der Waals surface area (Å²) in [6.07, 6.45) is 0.302. The van der Waals surface area contributed by atoms with Gasteiger partial charge in [0.2, 0.25) is 11.8 Å². The van der Waals surface area contributed by atoms with Gasteiger partial charge in [0.25, 0.3) is 0 Å². The van der Waals surface area contributed by atoms with Crippen molar-refractivity contribution in [2.24, 2.45) is 0 Å². The number of rotatable bonds is 5. The molecule has 2 amide bonds. The lowest BCUT2D eigenvalue weighted by molar-refractivity contribution is -0.122. The van der Waals surface area contributed by atoms with Crippen LogP contribution in [0.3, 0.4) is 0 Å². The predicted molar refractivity (Wildman–Crippen MR) is 78.7 cm³/mol. The van der Waals surface area contributed by atoms with Crippen molar-refractivity contribution in [3.8, 4) is 0 Å². The molecule has 0 saturated heterocycles. The van der Waals surface area contributed by atoms with Crippen LogP contribution in [0.1, 0.15) is 13.3 Å². The summed E-state index contributed by atoms with van der Waals surface area (Å²) in [7, 11) is 0.